The van der Waals surface area contributed by atoms with Crippen molar-refractivity contribution in [1.82, 2.24) is 5.32 Å². The van der Waals surface area contributed by atoms with Gasteiger partial charge in [-0.25, -0.2) is 0 Å². The van der Waals surface area contributed by atoms with Crippen LogP contribution < -0.4 is 15.0 Å². The summed E-state index contributed by atoms with van der Waals surface area (Å²) in [5.41, 5.74) is 1.54. The highest BCUT2D eigenvalue weighted by atomic mass is 35.5. The second kappa shape index (κ2) is 7.09. The Morgan fingerprint density at radius 2 is 1.84 bits per heavy atom. The fraction of sp³-hybridized carbons (Fsp3) is 0.111. The fourth-order valence-corrected chi connectivity index (χ4v) is 3.11. The molecule has 25 heavy (non-hydrogen) atoms. The Bertz CT molecular complexity index is 873. The summed E-state index contributed by atoms with van der Waals surface area (Å²) in [6, 6.07) is 16.3. The van der Waals surface area contributed by atoms with Crippen LogP contribution in [0.25, 0.3) is 0 Å². The Morgan fingerprint density at radius 1 is 1.20 bits per heavy atom. The van der Waals surface area contributed by atoms with Gasteiger partial charge in [-0.05, 0) is 42.0 Å². The van der Waals surface area contributed by atoms with E-state index in [1.165, 1.54) is 0 Å². The quantitative estimate of drug-likeness (QED) is 0.808. The van der Waals surface area contributed by atoms with Crippen LogP contribution in [0.5, 0.6) is 5.75 Å². The number of hydrogen-bond donors (Lipinski definition) is 2. The van der Waals surface area contributed by atoms with Crippen LogP contribution in [-0.2, 0) is 4.79 Å². The molecule has 1 amide bonds. The standard InChI is InChI=1S/C18H14ClN3O2S/c1-24-14-8-6-13(7-9-14)22-16(11-2-4-12(19)5-3-11)21-17(23)15(10-20)18(22)25/h2-9,16,25H,1H3,(H,21,23). The number of hydrogen-bond acceptors (Lipinski definition) is 5. The summed E-state index contributed by atoms with van der Waals surface area (Å²) in [6.07, 6.45) is -0.511. The van der Waals surface area contributed by atoms with Crippen molar-refractivity contribution >= 4 is 35.8 Å². The Kier molecular flexibility index (Phi) is 4.88. The molecule has 0 aromatic heterocycles. The van der Waals surface area contributed by atoms with Crippen LogP contribution in [0.2, 0.25) is 5.02 Å². The number of ether oxygens (including phenoxy) is 1. The Balaban J connectivity index is 2.11. The fourth-order valence-electron chi connectivity index (χ4n) is 2.60. The maximum Gasteiger partial charge on any atom is 0.266 e. The molecular weight excluding hydrogens is 358 g/mol. The number of amides is 1. The van der Waals surface area contributed by atoms with Crippen molar-refractivity contribution in [3.05, 3.63) is 69.7 Å². The zero-order valence-corrected chi connectivity index (χ0v) is 14.9. The minimum Gasteiger partial charge on any atom is -0.497 e. The molecule has 5 nitrogen and oxygen atoms in total. The molecule has 2 aromatic rings. The summed E-state index contributed by atoms with van der Waals surface area (Å²) in [5, 5.41) is 13.0. The average Bonchev–Trinajstić information content (AvgIpc) is 2.62. The number of anilines is 1. The van der Waals surface area contributed by atoms with Crippen LogP contribution in [-0.4, -0.2) is 13.0 Å². The monoisotopic (exact) mass is 371 g/mol. The first-order valence-corrected chi connectivity index (χ1v) is 8.20. The number of nitriles is 1. The van der Waals surface area contributed by atoms with Gasteiger partial charge in [0.2, 0.25) is 0 Å². The molecule has 126 valence electrons. The molecule has 2 aromatic carbocycles. The molecule has 0 bridgehead atoms. The maximum absolute atomic E-state index is 12.3. The predicted octanol–water partition coefficient (Wildman–Crippen LogP) is 3.65. The van der Waals surface area contributed by atoms with Crippen molar-refractivity contribution in [2.45, 2.75) is 6.17 Å². The second-order valence-electron chi connectivity index (χ2n) is 5.31. The largest absolute Gasteiger partial charge is 0.497 e. The summed E-state index contributed by atoms with van der Waals surface area (Å²) < 4.78 is 5.18. The first kappa shape index (κ1) is 17.2. The van der Waals surface area contributed by atoms with Crippen LogP contribution in [0.3, 0.4) is 0 Å². The smallest absolute Gasteiger partial charge is 0.266 e. The lowest BCUT2D eigenvalue weighted by Gasteiger charge is -2.38. The van der Waals surface area contributed by atoms with Crippen molar-refractivity contribution in [3.63, 3.8) is 0 Å². The Labute approximate surface area is 155 Å². The highest BCUT2D eigenvalue weighted by molar-refractivity contribution is 7.84. The van der Waals surface area contributed by atoms with E-state index in [1.807, 2.05) is 30.3 Å². The van der Waals surface area contributed by atoms with Crippen molar-refractivity contribution in [2.75, 3.05) is 12.0 Å². The number of benzene rings is 2. The molecule has 3 rings (SSSR count). The number of rotatable bonds is 3. The molecule has 7 heteroatoms. The van der Waals surface area contributed by atoms with E-state index in [4.69, 9.17) is 16.3 Å². The van der Waals surface area contributed by atoms with Gasteiger partial charge < -0.3 is 15.0 Å². The Hall–Kier alpha value is -2.62. The summed E-state index contributed by atoms with van der Waals surface area (Å²) >= 11 is 10.4. The van der Waals surface area contributed by atoms with E-state index >= 15 is 0 Å². The second-order valence-corrected chi connectivity index (χ2v) is 6.17. The Morgan fingerprint density at radius 3 is 2.40 bits per heavy atom. The highest BCUT2D eigenvalue weighted by Crippen LogP contribution is 2.36. The third kappa shape index (κ3) is 3.29. The molecule has 1 aliphatic heterocycles. The predicted molar refractivity (Wildman–Crippen MR) is 99.4 cm³/mol. The van der Waals surface area contributed by atoms with Gasteiger partial charge in [0.15, 0.2) is 0 Å². The lowest BCUT2D eigenvalue weighted by atomic mass is 10.1. The summed E-state index contributed by atoms with van der Waals surface area (Å²) in [7, 11) is 1.59. The molecule has 0 radical (unpaired) electrons. The number of carbonyl (C=O) groups is 1. The average molecular weight is 372 g/mol. The van der Waals surface area contributed by atoms with E-state index in [0.717, 1.165) is 11.3 Å². The van der Waals surface area contributed by atoms with Gasteiger partial charge >= 0.3 is 0 Å². The normalized spacial score (nSPS) is 17.1. The van der Waals surface area contributed by atoms with Gasteiger partial charge in [0.1, 0.15) is 23.6 Å². The number of nitrogens with one attached hydrogen (secondary N) is 1. The lowest BCUT2D eigenvalue weighted by Crippen LogP contribution is -2.46. The van der Waals surface area contributed by atoms with Gasteiger partial charge in [-0.1, -0.05) is 23.7 Å². The SMILES string of the molecule is COc1ccc(N2C(S)=C(C#N)C(=O)NC2c2ccc(Cl)cc2)cc1. The van der Waals surface area contributed by atoms with Gasteiger partial charge in [0, 0.05) is 10.7 Å². The minimum atomic E-state index is -0.511. The highest BCUT2D eigenvalue weighted by Gasteiger charge is 2.33. The topological polar surface area (TPSA) is 65.4 Å². The third-order valence-electron chi connectivity index (χ3n) is 3.85. The van der Waals surface area contributed by atoms with Gasteiger partial charge in [-0.15, -0.1) is 12.6 Å². The number of methoxy groups -OCH3 is 1. The lowest BCUT2D eigenvalue weighted by molar-refractivity contribution is -0.118. The molecule has 0 aliphatic carbocycles. The molecule has 0 saturated carbocycles. The van der Waals surface area contributed by atoms with Crippen molar-refractivity contribution < 1.29 is 9.53 Å². The van der Waals surface area contributed by atoms with Crippen LogP contribution in [0, 0.1) is 11.3 Å². The van der Waals surface area contributed by atoms with Crippen LogP contribution in [0.15, 0.2) is 59.1 Å². The van der Waals surface area contributed by atoms with Crippen LogP contribution >= 0.6 is 24.2 Å². The third-order valence-corrected chi connectivity index (χ3v) is 4.54. The van der Waals surface area contributed by atoms with E-state index in [2.05, 4.69) is 17.9 Å². The maximum atomic E-state index is 12.3. The van der Waals surface area contributed by atoms with Crippen molar-refractivity contribution in [3.8, 4) is 11.8 Å². The number of nitrogens with zero attached hydrogens (tertiary/aromatic N) is 2. The molecule has 1 atom stereocenters. The molecule has 1 aliphatic rings. The number of thiol groups is 1. The van der Waals surface area contributed by atoms with Gasteiger partial charge in [-0.2, -0.15) is 5.26 Å². The first-order chi connectivity index (χ1) is 12.0. The summed E-state index contributed by atoms with van der Waals surface area (Å²) in [4.78, 5) is 14.0. The molecular formula is C18H14ClN3O2S. The van der Waals surface area contributed by atoms with E-state index < -0.39 is 12.1 Å². The van der Waals surface area contributed by atoms with E-state index in [9.17, 15) is 10.1 Å². The van der Waals surface area contributed by atoms with Crippen LogP contribution in [0.4, 0.5) is 5.69 Å². The molecule has 0 saturated heterocycles. The first-order valence-electron chi connectivity index (χ1n) is 7.38. The zero-order chi connectivity index (χ0) is 18.0. The molecule has 1 unspecified atom stereocenters. The summed E-state index contributed by atoms with van der Waals surface area (Å²) in [6.45, 7) is 0. The minimum absolute atomic E-state index is 0.0376. The van der Waals surface area contributed by atoms with Gasteiger partial charge in [0.05, 0.1) is 12.1 Å². The van der Waals surface area contributed by atoms with E-state index in [-0.39, 0.29) is 10.6 Å². The van der Waals surface area contributed by atoms with Gasteiger partial charge in [0.25, 0.3) is 5.91 Å². The summed E-state index contributed by atoms with van der Waals surface area (Å²) in [5.74, 6) is 0.246. The van der Waals surface area contributed by atoms with Crippen molar-refractivity contribution in [2.24, 2.45) is 0 Å². The van der Waals surface area contributed by atoms with E-state index in [0.29, 0.717) is 10.8 Å². The molecule has 1 N–H and O–H groups in total. The van der Waals surface area contributed by atoms with Gasteiger partial charge in [-0.3, -0.25) is 4.79 Å². The van der Waals surface area contributed by atoms with E-state index in [1.54, 1.807) is 36.3 Å². The molecule has 1 heterocycles. The number of carbonyl (C=O) groups excluding carboxylic acids is 1. The van der Waals surface area contributed by atoms with Crippen molar-refractivity contribution in [1.29, 1.82) is 5.26 Å². The van der Waals surface area contributed by atoms with Crippen LogP contribution in [0.1, 0.15) is 11.7 Å². The molecule has 0 spiro atoms. The zero-order valence-electron chi connectivity index (χ0n) is 13.2. The molecule has 0 fully saturated rings. The number of halogens is 1.